The molecule has 2 N–H and O–H groups in total. The minimum absolute atomic E-state index is 0.0385. The molecule has 132 valence electrons. The number of benzene rings is 1. The first kappa shape index (κ1) is 18.1. The lowest BCUT2D eigenvalue weighted by Gasteiger charge is -2.23. The van der Waals surface area contributed by atoms with Gasteiger partial charge in [-0.05, 0) is 38.0 Å². The van der Waals surface area contributed by atoms with Gasteiger partial charge in [0.15, 0.2) is 0 Å². The lowest BCUT2D eigenvalue weighted by molar-refractivity contribution is -0.385. The molecule has 0 saturated heterocycles. The average molecular weight is 346 g/mol. The van der Waals surface area contributed by atoms with Crippen LogP contribution in [0.5, 0.6) is 0 Å². The summed E-state index contributed by atoms with van der Waals surface area (Å²) < 4.78 is 1.24. The van der Waals surface area contributed by atoms with Gasteiger partial charge in [0.2, 0.25) is 0 Å². The molecule has 0 radical (unpaired) electrons. The van der Waals surface area contributed by atoms with Gasteiger partial charge in [0.25, 0.3) is 5.91 Å². The Kier molecular flexibility index (Phi) is 5.16. The van der Waals surface area contributed by atoms with Gasteiger partial charge < -0.3 is 10.4 Å². The molecule has 0 aliphatic carbocycles. The van der Waals surface area contributed by atoms with E-state index in [0.717, 1.165) is 11.8 Å². The first-order valence-corrected chi connectivity index (χ1v) is 7.52. The van der Waals surface area contributed by atoms with Crippen molar-refractivity contribution in [3.05, 3.63) is 52.3 Å². The Hall–Kier alpha value is -3.23. The number of amides is 1. The predicted molar refractivity (Wildman–Crippen MR) is 89.2 cm³/mol. The maximum Gasteiger partial charge on any atom is 0.307 e. The second kappa shape index (κ2) is 7.12. The molecule has 0 aliphatic heterocycles. The Bertz CT molecular complexity index is 795. The Morgan fingerprint density at radius 3 is 2.48 bits per heavy atom. The number of carbonyl (C=O) groups excluding carboxylic acids is 1. The minimum Gasteiger partial charge on any atom is -0.481 e. The van der Waals surface area contributed by atoms with Crippen molar-refractivity contribution >= 4 is 23.3 Å². The van der Waals surface area contributed by atoms with Gasteiger partial charge >= 0.3 is 11.7 Å². The highest BCUT2D eigenvalue weighted by molar-refractivity contribution is 5.96. The summed E-state index contributed by atoms with van der Waals surface area (Å²) >= 11 is 0. The number of aliphatic carboxylic acids is 1. The maximum absolute atomic E-state index is 12.5. The van der Waals surface area contributed by atoms with Crippen LogP contribution in [0.4, 0.5) is 11.4 Å². The molecule has 1 aromatic carbocycles. The normalized spacial score (nSPS) is 11.1. The molecule has 9 nitrogen and oxygen atoms in total. The van der Waals surface area contributed by atoms with Crippen LogP contribution in [0.2, 0.25) is 0 Å². The summed E-state index contributed by atoms with van der Waals surface area (Å²) in [5.74, 6) is -1.25. The van der Waals surface area contributed by atoms with Crippen molar-refractivity contribution in [3.8, 4) is 0 Å². The van der Waals surface area contributed by atoms with Gasteiger partial charge in [-0.15, -0.1) is 0 Å². The van der Waals surface area contributed by atoms with Crippen LogP contribution in [0.3, 0.4) is 0 Å². The number of rotatable bonds is 7. The van der Waals surface area contributed by atoms with E-state index in [1.165, 1.54) is 10.9 Å². The van der Waals surface area contributed by atoms with Crippen molar-refractivity contribution in [2.24, 2.45) is 0 Å². The molecule has 0 saturated carbocycles. The summed E-state index contributed by atoms with van der Waals surface area (Å²) in [4.78, 5) is 33.2. The molecule has 0 unspecified atom stereocenters. The molecule has 25 heavy (non-hydrogen) atoms. The summed E-state index contributed by atoms with van der Waals surface area (Å²) in [7, 11) is 0. The monoisotopic (exact) mass is 346 g/mol. The van der Waals surface area contributed by atoms with Gasteiger partial charge in [0.05, 0.1) is 4.92 Å². The summed E-state index contributed by atoms with van der Waals surface area (Å²) in [5.41, 5.74) is 0.0702. The Balaban J connectivity index is 2.06. The second-order valence-corrected chi connectivity index (χ2v) is 6.00. The van der Waals surface area contributed by atoms with Gasteiger partial charge in [-0.25, -0.2) is 0 Å². The molecular formula is C16H18N4O5. The van der Waals surface area contributed by atoms with Crippen molar-refractivity contribution in [1.82, 2.24) is 9.78 Å². The van der Waals surface area contributed by atoms with Crippen molar-refractivity contribution in [2.45, 2.75) is 32.2 Å². The van der Waals surface area contributed by atoms with Crippen LogP contribution in [0.15, 0.2) is 36.7 Å². The number of aromatic nitrogens is 2. The molecular weight excluding hydrogens is 328 g/mol. The highest BCUT2D eigenvalue weighted by Crippen LogP contribution is 2.21. The smallest absolute Gasteiger partial charge is 0.307 e. The van der Waals surface area contributed by atoms with Crippen LogP contribution >= 0.6 is 0 Å². The number of nitro groups is 1. The second-order valence-electron chi connectivity index (χ2n) is 6.00. The lowest BCUT2D eigenvalue weighted by Crippen LogP contribution is -2.40. The fourth-order valence-electron chi connectivity index (χ4n) is 2.11. The molecule has 2 aromatic rings. The first-order chi connectivity index (χ1) is 11.7. The third-order valence-corrected chi connectivity index (χ3v) is 3.75. The lowest BCUT2D eigenvalue weighted by atomic mass is 10.0. The van der Waals surface area contributed by atoms with Crippen LogP contribution in [-0.4, -0.2) is 31.7 Å². The Labute approximate surface area is 143 Å². The number of nitrogens with one attached hydrogen (secondary N) is 1. The van der Waals surface area contributed by atoms with Crippen molar-refractivity contribution in [1.29, 1.82) is 0 Å². The van der Waals surface area contributed by atoms with Gasteiger partial charge in [-0.1, -0.05) is 12.1 Å². The minimum atomic E-state index is -1.13. The van der Waals surface area contributed by atoms with Crippen molar-refractivity contribution in [2.75, 3.05) is 5.32 Å². The third kappa shape index (κ3) is 4.40. The predicted octanol–water partition coefficient (Wildman–Crippen LogP) is 2.18. The van der Waals surface area contributed by atoms with E-state index >= 15 is 0 Å². The SMILES string of the molecule is CC(C)(C(=O)Nc1ccc(CCC(=O)O)cc1)n1cc([N+](=O)[O-])cn1. The van der Waals surface area contributed by atoms with Gasteiger partial charge in [-0.3, -0.25) is 24.4 Å². The number of anilines is 1. The number of carboxylic acids is 1. The van der Waals surface area contributed by atoms with Crippen molar-refractivity contribution < 1.29 is 19.6 Å². The zero-order chi connectivity index (χ0) is 18.6. The van der Waals surface area contributed by atoms with E-state index < -0.39 is 16.4 Å². The topological polar surface area (TPSA) is 127 Å². The number of carboxylic acid groups (broad SMARTS) is 1. The zero-order valence-corrected chi connectivity index (χ0v) is 13.8. The van der Waals surface area contributed by atoms with Crippen LogP contribution in [-0.2, 0) is 21.5 Å². The van der Waals surface area contributed by atoms with Crippen LogP contribution in [0.1, 0.15) is 25.8 Å². The van der Waals surface area contributed by atoms with Gasteiger partial charge in [0, 0.05) is 12.1 Å². The largest absolute Gasteiger partial charge is 0.481 e. The van der Waals surface area contributed by atoms with E-state index in [1.54, 1.807) is 38.1 Å². The molecule has 0 bridgehead atoms. The summed E-state index contributed by atoms with van der Waals surface area (Å²) in [5, 5.41) is 26.0. The molecule has 0 fully saturated rings. The standard InChI is InChI=1S/C16H18N4O5/c1-16(2,19-10-13(9-17-19)20(24)25)15(23)18-12-6-3-11(4-7-12)5-8-14(21)22/h3-4,6-7,9-10H,5,8H2,1-2H3,(H,18,23)(H,21,22). The van der Waals surface area contributed by atoms with E-state index in [1.807, 2.05) is 0 Å². The maximum atomic E-state index is 12.5. The fraction of sp³-hybridized carbons (Fsp3) is 0.312. The highest BCUT2D eigenvalue weighted by atomic mass is 16.6. The van der Waals surface area contributed by atoms with Crippen molar-refractivity contribution in [3.63, 3.8) is 0 Å². The zero-order valence-electron chi connectivity index (χ0n) is 13.8. The van der Waals surface area contributed by atoms with E-state index in [9.17, 15) is 19.7 Å². The molecule has 0 spiro atoms. The van der Waals surface area contributed by atoms with Crippen LogP contribution < -0.4 is 5.32 Å². The van der Waals surface area contributed by atoms with Crippen LogP contribution in [0.25, 0.3) is 0 Å². The number of nitrogens with zero attached hydrogens (tertiary/aromatic N) is 3. The number of aryl methyl sites for hydroxylation is 1. The quantitative estimate of drug-likeness (QED) is 0.584. The Morgan fingerprint density at radius 2 is 1.96 bits per heavy atom. The van der Waals surface area contributed by atoms with E-state index in [2.05, 4.69) is 10.4 Å². The van der Waals surface area contributed by atoms with E-state index in [4.69, 9.17) is 5.11 Å². The summed E-state index contributed by atoms with van der Waals surface area (Å²) in [6.07, 6.45) is 2.74. The third-order valence-electron chi connectivity index (χ3n) is 3.75. The fourth-order valence-corrected chi connectivity index (χ4v) is 2.11. The highest BCUT2D eigenvalue weighted by Gasteiger charge is 2.32. The van der Waals surface area contributed by atoms with Crippen LogP contribution in [0, 0.1) is 10.1 Å². The molecule has 2 rings (SSSR count). The number of carbonyl (C=O) groups is 2. The summed E-state index contributed by atoms with van der Waals surface area (Å²) in [6, 6.07) is 6.84. The molecule has 1 aromatic heterocycles. The Morgan fingerprint density at radius 1 is 1.32 bits per heavy atom. The average Bonchev–Trinajstić information content (AvgIpc) is 3.05. The van der Waals surface area contributed by atoms with E-state index in [-0.39, 0.29) is 18.0 Å². The first-order valence-electron chi connectivity index (χ1n) is 7.52. The van der Waals surface area contributed by atoms with Gasteiger partial charge in [-0.2, -0.15) is 5.10 Å². The molecule has 1 heterocycles. The van der Waals surface area contributed by atoms with Gasteiger partial charge in [0.1, 0.15) is 17.9 Å². The van der Waals surface area contributed by atoms with E-state index in [0.29, 0.717) is 12.1 Å². The number of hydrogen-bond donors (Lipinski definition) is 2. The summed E-state index contributed by atoms with van der Waals surface area (Å²) in [6.45, 7) is 3.20. The molecule has 0 atom stereocenters. The molecule has 0 aliphatic rings. The number of hydrogen-bond acceptors (Lipinski definition) is 5. The molecule has 9 heteroatoms. The molecule has 1 amide bonds.